The van der Waals surface area contributed by atoms with Gasteiger partial charge in [0.25, 0.3) is 0 Å². The van der Waals surface area contributed by atoms with E-state index in [0.717, 1.165) is 50.5 Å². The summed E-state index contributed by atoms with van der Waals surface area (Å²) in [5.41, 5.74) is 0. The normalized spacial score (nSPS) is 25.4. The molecule has 2 rings (SSSR count). The zero-order valence-electron chi connectivity index (χ0n) is 13.6. The van der Waals surface area contributed by atoms with E-state index in [2.05, 4.69) is 17.1 Å². The van der Waals surface area contributed by atoms with Crippen molar-refractivity contribution in [3.63, 3.8) is 0 Å². The maximum Gasteiger partial charge on any atom is 0.193 e. The summed E-state index contributed by atoms with van der Waals surface area (Å²) in [4.78, 5) is 7.27. The van der Waals surface area contributed by atoms with Gasteiger partial charge in [0.05, 0.1) is 0 Å². The number of ether oxygens (including phenoxy) is 1. The Hall–Kier alpha value is -0.0400. The molecular formula is C16H32IN3O. The van der Waals surface area contributed by atoms with Crippen molar-refractivity contribution in [2.45, 2.75) is 46.0 Å². The average molecular weight is 409 g/mol. The van der Waals surface area contributed by atoms with E-state index < -0.39 is 0 Å². The summed E-state index contributed by atoms with van der Waals surface area (Å²) in [6.07, 6.45) is 6.72. The van der Waals surface area contributed by atoms with Crippen LogP contribution in [-0.4, -0.2) is 50.3 Å². The molecule has 2 atom stereocenters. The highest BCUT2D eigenvalue weighted by atomic mass is 127. The molecule has 0 radical (unpaired) electrons. The van der Waals surface area contributed by atoms with E-state index in [9.17, 15) is 0 Å². The van der Waals surface area contributed by atoms with Gasteiger partial charge in [-0.15, -0.1) is 24.0 Å². The molecule has 1 aliphatic carbocycles. The zero-order chi connectivity index (χ0) is 14.2. The molecular weight excluding hydrogens is 377 g/mol. The molecule has 0 bridgehead atoms. The molecule has 0 aromatic heterocycles. The van der Waals surface area contributed by atoms with Crippen molar-refractivity contribution in [3.05, 3.63) is 0 Å². The lowest BCUT2D eigenvalue weighted by molar-refractivity contribution is 0.146. The van der Waals surface area contributed by atoms with Crippen LogP contribution >= 0.6 is 24.0 Å². The lowest BCUT2D eigenvalue weighted by Crippen LogP contribution is -2.40. The smallest absolute Gasteiger partial charge is 0.193 e. The molecule has 1 saturated heterocycles. The fourth-order valence-electron chi connectivity index (χ4n) is 3.50. The molecule has 4 nitrogen and oxygen atoms in total. The quantitative estimate of drug-likeness (QED) is 0.317. The third kappa shape index (κ3) is 5.93. The highest BCUT2D eigenvalue weighted by Crippen LogP contribution is 2.35. The second kappa shape index (κ2) is 10.6. The Bertz CT molecular complexity index is 298. The van der Waals surface area contributed by atoms with Crippen molar-refractivity contribution < 1.29 is 4.74 Å². The molecule has 2 aliphatic rings. The predicted molar refractivity (Wildman–Crippen MR) is 99.5 cm³/mol. The van der Waals surface area contributed by atoms with Crippen LogP contribution in [0.4, 0.5) is 0 Å². The van der Waals surface area contributed by atoms with E-state index in [4.69, 9.17) is 9.73 Å². The van der Waals surface area contributed by atoms with Gasteiger partial charge in [-0.25, -0.2) is 0 Å². The summed E-state index contributed by atoms with van der Waals surface area (Å²) in [6, 6.07) is 0. The Morgan fingerprint density at radius 2 is 1.86 bits per heavy atom. The third-order valence-electron chi connectivity index (χ3n) is 4.52. The highest BCUT2D eigenvalue weighted by molar-refractivity contribution is 14.0. The molecule has 1 aliphatic heterocycles. The summed E-state index contributed by atoms with van der Waals surface area (Å²) < 4.78 is 5.37. The van der Waals surface area contributed by atoms with E-state index >= 15 is 0 Å². The number of aliphatic imine (C=N–C) groups is 1. The van der Waals surface area contributed by atoms with Crippen LogP contribution in [0.1, 0.15) is 46.0 Å². The van der Waals surface area contributed by atoms with Gasteiger partial charge >= 0.3 is 0 Å². The second-order valence-electron chi connectivity index (χ2n) is 6.00. The van der Waals surface area contributed by atoms with E-state index in [1.165, 1.54) is 38.8 Å². The standard InChI is InChI=1S/C16H31N3O.HI/c1-3-17-16(18-10-7-11-20-4-2)19-12-14-8-5-6-9-15(14)13-19;/h14-15H,3-13H2,1-2H3,(H,17,18);1H. The third-order valence-corrected chi connectivity index (χ3v) is 4.52. The maximum atomic E-state index is 5.37. The first-order valence-corrected chi connectivity index (χ1v) is 8.46. The molecule has 2 fully saturated rings. The van der Waals surface area contributed by atoms with Crippen molar-refractivity contribution in [2.24, 2.45) is 16.8 Å². The number of rotatable bonds is 6. The molecule has 1 heterocycles. The van der Waals surface area contributed by atoms with Crippen LogP contribution in [0.5, 0.6) is 0 Å². The van der Waals surface area contributed by atoms with Crippen LogP contribution in [0.15, 0.2) is 4.99 Å². The van der Waals surface area contributed by atoms with Crippen LogP contribution in [-0.2, 0) is 4.74 Å². The van der Waals surface area contributed by atoms with Gasteiger partial charge in [0.1, 0.15) is 0 Å². The second-order valence-corrected chi connectivity index (χ2v) is 6.00. The number of hydrogen-bond donors (Lipinski definition) is 1. The molecule has 21 heavy (non-hydrogen) atoms. The number of fused-ring (bicyclic) bond motifs is 1. The largest absolute Gasteiger partial charge is 0.382 e. The molecule has 0 aromatic rings. The molecule has 2 unspecified atom stereocenters. The number of likely N-dealkylation sites (tertiary alicyclic amines) is 1. The van der Waals surface area contributed by atoms with Gasteiger partial charge < -0.3 is 15.0 Å². The van der Waals surface area contributed by atoms with Crippen LogP contribution in [0.2, 0.25) is 0 Å². The Morgan fingerprint density at radius 3 is 2.43 bits per heavy atom. The molecule has 1 N–H and O–H groups in total. The number of hydrogen-bond acceptors (Lipinski definition) is 2. The van der Waals surface area contributed by atoms with Crippen molar-refractivity contribution in [3.8, 4) is 0 Å². The van der Waals surface area contributed by atoms with Crippen LogP contribution < -0.4 is 5.32 Å². The molecule has 0 spiro atoms. The summed E-state index contributed by atoms with van der Waals surface area (Å²) in [5.74, 6) is 2.95. The Morgan fingerprint density at radius 1 is 1.19 bits per heavy atom. The minimum atomic E-state index is 0. The number of nitrogens with one attached hydrogen (secondary N) is 1. The summed E-state index contributed by atoms with van der Waals surface area (Å²) in [5, 5.41) is 3.46. The lowest BCUT2D eigenvalue weighted by Gasteiger charge is -2.22. The van der Waals surface area contributed by atoms with Crippen molar-refractivity contribution >= 4 is 29.9 Å². The molecule has 1 saturated carbocycles. The molecule has 124 valence electrons. The first-order chi connectivity index (χ1) is 9.85. The topological polar surface area (TPSA) is 36.9 Å². The first-order valence-electron chi connectivity index (χ1n) is 8.46. The van der Waals surface area contributed by atoms with Crippen LogP contribution in [0, 0.1) is 11.8 Å². The minimum absolute atomic E-state index is 0. The molecule has 5 heteroatoms. The van der Waals surface area contributed by atoms with Crippen molar-refractivity contribution in [1.82, 2.24) is 10.2 Å². The Kier molecular flexibility index (Phi) is 9.64. The maximum absolute atomic E-state index is 5.37. The number of halogens is 1. The first kappa shape index (κ1) is 19.0. The van der Waals surface area contributed by atoms with Gasteiger partial charge in [-0.2, -0.15) is 0 Å². The van der Waals surface area contributed by atoms with Gasteiger partial charge in [-0.3, -0.25) is 4.99 Å². The summed E-state index contributed by atoms with van der Waals surface area (Å²) in [6.45, 7) is 10.1. The Labute approximate surface area is 147 Å². The SMILES string of the molecule is CCNC(=NCCCOCC)N1CC2CCCCC2C1.I. The Balaban J connectivity index is 0.00000220. The summed E-state index contributed by atoms with van der Waals surface area (Å²) in [7, 11) is 0. The van der Waals surface area contributed by atoms with Crippen LogP contribution in [0.3, 0.4) is 0 Å². The van der Waals surface area contributed by atoms with Crippen molar-refractivity contribution in [1.29, 1.82) is 0 Å². The van der Waals surface area contributed by atoms with Gasteiger partial charge in [-0.05, 0) is 44.9 Å². The summed E-state index contributed by atoms with van der Waals surface area (Å²) >= 11 is 0. The fourth-order valence-corrected chi connectivity index (χ4v) is 3.50. The number of nitrogens with zero attached hydrogens (tertiary/aromatic N) is 2. The number of guanidine groups is 1. The molecule has 0 aromatic carbocycles. The van der Waals surface area contributed by atoms with Gasteiger partial charge in [-0.1, -0.05) is 12.8 Å². The van der Waals surface area contributed by atoms with E-state index in [1.807, 2.05) is 6.92 Å². The predicted octanol–water partition coefficient (Wildman–Crippen LogP) is 3.12. The highest BCUT2D eigenvalue weighted by Gasteiger charge is 2.35. The van der Waals surface area contributed by atoms with Gasteiger partial charge in [0, 0.05) is 39.4 Å². The lowest BCUT2D eigenvalue weighted by atomic mass is 9.82. The van der Waals surface area contributed by atoms with Crippen LogP contribution in [0.25, 0.3) is 0 Å². The van der Waals surface area contributed by atoms with Crippen molar-refractivity contribution in [2.75, 3.05) is 39.4 Å². The van der Waals surface area contributed by atoms with E-state index in [1.54, 1.807) is 0 Å². The monoisotopic (exact) mass is 409 g/mol. The fraction of sp³-hybridized carbons (Fsp3) is 0.938. The average Bonchev–Trinajstić information content (AvgIpc) is 2.89. The minimum Gasteiger partial charge on any atom is -0.382 e. The molecule has 0 amide bonds. The van der Waals surface area contributed by atoms with Gasteiger partial charge in [0.15, 0.2) is 5.96 Å². The van der Waals surface area contributed by atoms with Gasteiger partial charge in [0.2, 0.25) is 0 Å². The van der Waals surface area contributed by atoms with E-state index in [-0.39, 0.29) is 24.0 Å². The zero-order valence-corrected chi connectivity index (χ0v) is 16.0. The van der Waals surface area contributed by atoms with E-state index in [0.29, 0.717) is 0 Å².